The number of oxime groups is 1. The highest BCUT2D eigenvalue weighted by atomic mass is 16.4. The van der Waals surface area contributed by atoms with Crippen LogP contribution >= 0.6 is 0 Å². The fourth-order valence-electron chi connectivity index (χ4n) is 3.18. The zero-order chi connectivity index (χ0) is 19.1. The molecule has 0 fully saturated rings. The standard InChI is InChI=1S/C18H29N5O3/c1-14(20-26)11-9-7-5-4-6-8-10-12-23-17(24)15-16(19-13-21(15)2)22(3)18(23)25/h13,26H,4-12H2,1-3H3/b20-14+. The quantitative estimate of drug-likeness (QED) is 0.303. The molecule has 0 saturated carbocycles. The minimum atomic E-state index is -0.304. The van der Waals surface area contributed by atoms with Crippen molar-refractivity contribution in [3.63, 3.8) is 0 Å². The van der Waals surface area contributed by atoms with Gasteiger partial charge in [-0.1, -0.05) is 37.3 Å². The van der Waals surface area contributed by atoms with Crippen molar-refractivity contribution in [1.82, 2.24) is 18.7 Å². The van der Waals surface area contributed by atoms with Gasteiger partial charge in [0.1, 0.15) is 0 Å². The Hall–Kier alpha value is -2.38. The lowest BCUT2D eigenvalue weighted by molar-refractivity contribution is 0.317. The molecule has 2 aromatic heterocycles. The van der Waals surface area contributed by atoms with Gasteiger partial charge in [-0.15, -0.1) is 0 Å². The molecule has 0 amide bonds. The van der Waals surface area contributed by atoms with E-state index < -0.39 is 0 Å². The molecule has 144 valence electrons. The van der Waals surface area contributed by atoms with E-state index in [-0.39, 0.29) is 11.2 Å². The average Bonchev–Trinajstić information content (AvgIpc) is 3.02. The molecule has 0 aliphatic rings. The van der Waals surface area contributed by atoms with E-state index in [1.165, 1.54) is 9.13 Å². The van der Waals surface area contributed by atoms with E-state index in [4.69, 9.17) is 5.21 Å². The van der Waals surface area contributed by atoms with Crippen molar-refractivity contribution in [3.05, 3.63) is 27.2 Å². The highest BCUT2D eigenvalue weighted by molar-refractivity contribution is 5.81. The van der Waals surface area contributed by atoms with Crippen molar-refractivity contribution >= 4 is 16.9 Å². The highest BCUT2D eigenvalue weighted by Crippen LogP contribution is 2.10. The number of unbranched alkanes of at least 4 members (excludes halogenated alkanes) is 6. The second-order valence-corrected chi connectivity index (χ2v) is 6.89. The van der Waals surface area contributed by atoms with Crippen molar-refractivity contribution in [1.29, 1.82) is 0 Å². The molecule has 1 N–H and O–H groups in total. The molecule has 2 rings (SSSR count). The summed E-state index contributed by atoms with van der Waals surface area (Å²) < 4.78 is 4.42. The molecule has 2 aromatic rings. The van der Waals surface area contributed by atoms with Gasteiger partial charge in [0.05, 0.1) is 12.0 Å². The first-order chi connectivity index (χ1) is 12.5. The van der Waals surface area contributed by atoms with Gasteiger partial charge < -0.3 is 9.77 Å². The van der Waals surface area contributed by atoms with Crippen LogP contribution in [0.25, 0.3) is 11.2 Å². The normalized spacial score (nSPS) is 12.2. The van der Waals surface area contributed by atoms with Gasteiger partial charge in [0, 0.05) is 20.6 Å². The SMILES string of the molecule is C/C(CCCCCCCCCn1c(=O)c2c(ncn2C)n(C)c1=O)=N\O. The number of rotatable bonds is 10. The highest BCUT2D eigenvalue weighted by Gasteiger charge is 2.14. The van der Waals surface area contributed by atoms with Crippen LogP contribution in [-0.2, 0) is 20.6 Å². The Labute approximate surface area is 152 Å². The molecular weight excluding hydrogens is 334 g/mol. The lowest BCUT2D eigenvalue weighted by Crippen LogP contribution is -2.39. The summed E-state index contributed by atoms with van der Waals surface area (Å²) in [6, 6.07) is 0. The minimum absolute atomic E-state index is 0.260. The predicted octanol–water partition coefficient (Wildman–Crippen LogP) is 2.40. The van der Waals surface area contributed by atoms with Crippen LogP contribution in [0, 0.1) is 0 Å². The number of aryl methyl sites for hydroxylation is 2. The Bertz CT molecular complexity index is 875. The lowest BCUT2D eigenvalue weighted by atomic mass is 10.1. The van der Waals surface area contributed by atoms with Crippen LogP contribution < -0.4 is 11.2 Å². The van der Waals surface area contributed by atoms with Crippen LogP contribution in [0.1, 0.15) is 58.3 Å². The van der Waals surface area contributed by atoms with Crippen molar-refractivity contribution in [2.24, 2.45) is 19.3 Å². The molecule has 0 unspecified atom stereocenters. The van der Waals surface area contributed by atoms with Crippen molar-refractivity contribution in [2.75, 3.05) is 0 Å². The smallest absolute Gasteiger partial charge is 0.332 e. The van der Waals surface area contributed by atoms with Gasteiger partial charge >= 0.3 is 5.69 Å². The van der Waals surface area contributed by atoms with Gasteiger partial charge in [-0.2, -0.15) is 0 Å². The van der Waals surface area contributed by atoms with Crippen LogP contribution in [-0.4, -0.2) is 29.6 Å². The molecule has 0 radical (unpaired) electrons. The Kier molecular flexibility index (Phi) is 7.17. The topological polar surface area (TPSA) is 94.4 Å². The predicted molar refractivity (Wildman–Crippen MR) is 102 cm³/mol. The van der Waals surface area contributed by atoms with Crippen molar-refractivity contribution < 1.29 is 5.21 Å². The Morgan fingerprint density at radius 2 is 1.69 bits per heavy atom. The molecule has 2 heterocycles. The van der Waals surface area contributed by atoms with Gasteiger partial charge in [-0.25, -0.2) is 9.78 Å². The second kappa shape index (κ2) is 9.35. The van der Waals surface area contributed by atoms with E-state index in [1.807, 2.05) is 6.92 Å². The van der Waals surface area contributed by atoms with E-state index in [1.54, 1.807) is 25.0 Å². The summed E-state index contributed by atoms with van der Waals surface area (Å²) in [7, 11) is 3.41. The van der Waals surface area contributed by atoms with Crippen LogP contribution in [0.4, 0.5) is 0 Å². The molecule has 0 aliphatic heterocycles. The Morgan fingerprint density at radius 1 is 1.08 bits per heavy atom. The molecule has 0 bridgehead atoms. The second-order valence-electron chi connectivity index (χ2n) is 6.89. The molecule has 0 spiro atoms. The van der Waals surface area contributed by atoms with E-state index in [2.05, 4.69) is 10.1 Å². The third-order valence-electron chi connectivity index (χ3n) is 4.79. The van der Waals surface area contributed by atoms with Gasteiger partial charge in [0.2, 0.25) is 0 Å². The average molecular weight is 363 g/mol. The maximum Gasteiger partial charge on any atom is 0.332 e. The molecule has 0 aliphatic carbocycles. The van der Waals surface area contributed by atoms with Crippen LogP contribution in [0.2, 0.25) is 0 Å². The third kappa shape index (κ3) is 4.62. The van der Waals surface area contributed by atoms with Gasteiger partial charge in [0.25, 0.3) is 5.56 Å². The fourth-order valence-corrected chi connectivity index (χ4v) is 3.18. The summed E-state index contributed by atoms with van der Waals surface area (Å²) in [6.45, 7) is 2.27. The summed E-state index contributed by atoms with van der Waals surface area (Å²) in [5.41, 5.74) is 1.11. The maximum atomic E-state index is 12.6. The molecule has 0 saturated heterocycles. The first kappa shape index (κ1) is 19.9. The van der Waals surface area contributed by atoms with E-state index >= 15 is 0 Å². The van der Waals surface area contributed by atoms with E-state index in [0.29, 0.717) is 17.7 Å². The molecule has 0 aromatic carbocycles. The van der Waals surface area contributed by atoms with Crippen LogP contribution in [0.5, 0.6) is 0 Å². The summed E-state index contributed by atoms with van der Waals surface area (Å²) >= 11 is 0. The zero-order valence-corrected chi connectivity index (χ0v) is 15.9. The number of fused-ring (bicyclic) bond motifs is 1. The number of hydrogen-bond donors (Lipinski definition) is 1. The summed E-state index contributed by atoms with van der Waals surface area (Å²) in [6.07, 6.45) is 9.78. The first-order valence-corrected chi connectivity index (χ1v) is 9.25. The first-order valence-electron chi connectivity index (χ1n) is 9.25. The van der Waals surface area contributed by atoms with Crippen molar-refractivity contribution in [3.8, 4) is 0 Å². The number of nitrogens with zero attached hydrogens (tertiary/aromatic N) is 5. The number of hydrogen-bond acceptors (Lipinski definition) is 5. The third-order valence-corrected chi connectivity index (χ3v) is 4.79. The fraction of sp³-hybridized carbons (Fsp3) is 0.667. The summed E-state index contributed by atoms with van der Waals surface area (Å²) in [5.74, 6) is 0. The van der Waals surface area contributed by atoms with Crippen LogP contribution in [0.15, 0.2) is 21.1 Å². The van der Waals surface area contributed by atoms with E-state index in [9.17, 15) is 9.59 Å². The molecule has 26 heavy (non-hydrogen) atoms. The zero-order valence-electron chi connectivity index (χ0n) is 15.9. The van der Waals surface area contributed by atoms with Gasteiger partial charge in [0.15, 0.2) is 11.2 Å². The largest absolute Gasteiger partial charge is 0.411 e. The summed E-state index contributed by atoms with van der Waals surface area (Å²) in [5, 5.41) is 11.8. The summed E-state index contributed by atoms with van der Waals surface area (Å²) in [4.78, 5) is 29.1. The minimum Gasteiger partial charge on any atom is -0.411 e. The maximum absolute atomic E-state index is 12.6. The van der Waals surface area contributed by atoms with Crippen LogP contribution in [0.3, 0.4) is 0 Å². The number of aromatic nitrogens is 4. The molecular formula is C18H29N5O3. The lowest BCUT2D eigenvalue weighted by Gasteiger charge is -2.08. The van der Waals surface area contributed by atoms with Gasteiger partial charge in [-0.3, -0.25) is 13.9 Å². The monoisotopic (exact) mass is 363 g/mol. The molecule has 8 nitrogen and oxygen atoms in total. The van der Waals surface area contributed by atoms with Crippen molar-refractivity contribution in [2.45, 2.75) is 64.8 Å². The molecule has 8 heteroatoms. The molecule has 0 atom stereocenters. The Balaban J connectivity index is 1.79. The number of imidazole rings is 1. The van der Waals surface area contributed by atoms with E-state index in [0.717, 1.165) is 57.1 Å². The Morgan fingerprint density at radius 3 is 2.35 bits per heavy atom. The van der Waals surface area contributed by atoms with Gasteiger partial charge in [-0.05, 0) is 26.2 Å².